The van der Waals surface area contributed by atoms with Crippen molar-refractivity contribution in [1.29, 1.82) is 0 Å². The number of hydrogen-bond acceptors (Lipinski definition) is 1. The van der Waals surface area contributed by atoms with E-state index in [0.29, 0.717) is 0 Å². The first-order valence-electron chi connectivity index (χ1n) is 3.14. The van der Waals surface area contributed by atoms with Crippen molar-refractivity contribution in [3.63, 3.8) is 0 Å². The zero-order valence-corrected chi connectivity index (χ0v) is 7.67. The highest BCUT2D eigenvalue weighted by atomic mass is 29.2. The van der Waals surface area contributed by atoms with Crippen molar-refractivity contribution < 1.29 is 4.43 Å². The SMILES string of the molecule is C=C[SiH]1CCCO[SiH2]1. The molecule has 1 nitrogen and oxygen atoms in total. The van der Waals surface area contributed by atoms with Gasteiger partial charge in [-0.3, -0.25) is 0 Å². The Morgan fingerprint density at radius 2 is 2.62 bits per heavy atom. The summed E-state index contributed by atoms with van der Waals surface area (Å²) in [6.07, 6.45) is 1.30. The molecule has 1 rings (SSSR count). The maximum absolute atomic E-state index is 5.40. The maximum Gasteiger partial charge on any atom is 0.151 e. The molecular weight excluding hydrogens is 132 g/mol. The lowest BCUT2D eigenvalue weighted by molar-refractivity contribution is 0.336. The Morgan fingerprint density at radius 3 is 3.00 bits per heavy atom. The second kappa shape index (κ2) is 3.22. The van der Waals surface area contributed by atoms with E-state index >= 15 is 0 Å². The largest absolute Gasteiger partial charge is 0.427 e. The van der Waals surface area contributed by atoms with E-state index in [0.717, 1.165) is 6.61 Å². The van der Waals surface area contributed by atoms with Gasteiger partial charge in [0.15, 0.2) is 9.28 Å². The van der Waals surface area contributed by atoms with Crippen molar-refractivity contribution in [3.05, 3.63) is 12.3 Å². The molecule has 1 fully saturated rings. The molecule has 0 N–H and O–H groups in total. The highest BCUT2D eigenvalue weighted by Crippen LogP contribution is 2.03. The Balaban J connectivity index is 2.22. The third-order valence-corrected chi connectivity index (χ3v) is 8.51. The molecule has 8 heavy (non-hydrogen) atoms. The van der Waals surface area contributed by atoms with Crippen LogP contribution in [0.3, 0.4) is 0 Å². The topological polar surface area (TPSA) is 9.23 Å². The van der Waals surface area contributed by atoms with Crippen LogP contribution >= 0.6 is 0 Å². The van der Waals surface area contributed by atoms with Gasteiger partial charge >= 0.3 is 0 Å². The predicted molar refractivity (Wildman–Crippen MR) is 41.3 cm³/mol. The molecule has 0 amide bonds. The van der Waals surface area contributed by atoms with E-state index in [-0.39, 0.29) is 9.28 Å². The average molecular weight is 144 g/mol. The Morgan fingerprint density at radius 1 is 1.75 bits per heavy atom. The monoisotopic (exact) mass is 144 g/mol. The van der Waals surface area contributed by atoms with E-state index in [4.69, 9.17) is 4.43 Å². The molecule has 3 heteroatoms. The van der Waals surface area contributed by atoms with Gasteiger partial charge in [0.05, 0.1) is 8.31 Å². The van der Waals surface area contributed by atoms with Crippen LogP contribution in [0.15, 0.2) is 12.3 Å². The van der Waals surface area contributed by atoms with Crippen LogP contribution in [0.5, 0.6) is 0 Å². The van der Waals surface area contributed by atoms with Crippen LogP contribution in [0.2, 0.25) is 6.04 Å². The summed E-state index contributed by atoms with van der Waals surface area (Å²) in [6.45, 7) is 4.85. The van der Waals surface area contributed by atoms with E-state index in [1.165, 1.54) is 12.5 Å². The van der Waals surface area contributed by atoms with Gasteiger partial charge in [-0.05, 0) is 6.42 Å². The van der Waals surface area contributed by atoms with Crippen LogP contribution in [0.25, 0.3) is 0 Å². The van der Waals surface area contributed by atoms with E-state index in [1.807, 2.05) is 0 Å². The van der Waals surface area contributed by atoms with E-state index in [1.54, 1.807) is 0 Å². The molecule has 0 bridgehead atoms. The summed E-state index contributed by atoms with van der Waals surface area (Å²) in [5.74, 6) is 0. The fourth-order valence-electron chi connectivity index (χ4n) is 0.952. The molecule has 0 aromatic heterocycles. The third kappa shape index (κ3) is 1.57. The first-order chi connectivity index (χ1) is 3.93. The van der Waals surface area contributed by atoms with E-state index in [9.17, 15) is 0 Å². The normalized spacial score (nSPS) is 32.8. The molecule has 0 aromatic carbocycles. The summed E-state index contributed by atoms with van der Waals surface area (Å²) in [5.41, 5.74) is 2.19. The fraction of sp³-hybridized carbons (Fsp3) is 0.600. The average Bonchev–Trinajstić information content (AvgIpc) is 1.90. The summed E-state index contributed by atoms with van der Waals surface area (Å²) in [5, 5.41) is 0. The zero-order valence-electron chi connectivity index (χ0n) is 5.10. The lowest BCUT2D eigenvalue weighted by Gasteiger charge is -2.15. The van der Waals surface area contributed by atoms with Gasteiger partial charge in [-0.1, -0.05) is 6.04 Å². The van der Waals surface area contributed by atoms with Crippen molar-refractivity contribution in [3.8, 4) is 0 Å². The molecule has 46 valence electrons. The van der Waals surface area contributed by atoms with Crippen molar-refractivity contribution in [2.75, 3.05) is 6.61 Å². The van der Waals surface area contributed by atoms with E-state index < -0.39 is 8.31 Å². The summed E-state index contributed by atoms with van der Waals surface area (Å²) in [4.78, 5) is 0. The zero-order chi connectivity index (χ0) is 5.82. The van der Waals surface area contributed by atoms with Gasteiger partial charge in [0.25, 0.3) is 0 Å². The first-order valence-corrected chi connectivity index (χ1v) is 8.46. The Hall–Kier alpha value is 0.134. The second-order valence-electron chi connectivity index (χ2n) is 2.21. The third-order valence-electron chi connectivity index (χ3n) is 1.53. The highest BCUT2D eigenvalue weighted by Gasteiger charge is 2.11. The van der Waals surface area contributed by atoms with Gasteiger partial charge in [-0.2, -0.15) is 0 Å². The summed E-state index contributed by atoms with van der Waals surface area (Å²) < 4.78 is 5.40. The van der Waals surface area contributed by atoms with Gasteiger partial charge < -0.3 is 4.43 Å². The van der Waals surface area contributed by atoms with Crippen molar-refractivity contribution in [1.82, 2.24) is 0 Å². The Labute approximate surface area is 54.1 Å². The molecule has 0 aliphatic carbocycles. The van der Waals surface area contributed by atoms with Gasteiger partial charge in [-0.15, -0.1) is 12.3 Å². The molecule has 1 heterocycles. The number of hydrogen-bond donors (Lipinski definition) is 0. The summed E-state index contributed by atoms with van der Waals surface area (Å²) in [7, 11) is -0.481. The quantitative estimate of drug-likeness (QED) is 0.469. The highest BCUT2D eigenvalue weighted by molar-refractivity contribution is 7.12. The summed E-state index contributed by atoms with van der Waals surface area (Å²) >= 11 is 0. The van der Waals surface area contributed by atoms with Crippen LogP contribution in [0.1, 0.15) is 6.42 Å². The molecule has 1 saturated heterocycles. The minimum Gasteiger partial charge on any atom is -0.427 e. The van der Waals surface area contributed by atoms with E-state index in [2.05, 4.69) is 12.3 Å². The molecule has 1 aliphatic rings. The lowest BCUT2D eigenvalue weighted by Crippen LogP contribution is -2.27. The van der Waals surface area contributed by atoms with Crippen LogP contribution < -0.4 is 0 Å². The molecule has 0 aromatic rings. The molecule has 1 unspecified atom stereocenters. The maximum atomic E-state index is 5.40. The van der Waals surface area contributed by atoms with Crippen LogP contribution in [-0.4, -0.2) is 24.2 Å². The Bertz CT molecular complexity index is 78.5. The molecule has 0 radical (unpaired) electrons. The molecule has 0 spiro atoms. The minimum absolute atomic E-state index is 0.0567. The van der Waals surface area contributed by atoms with Crippen molar-refractivity contribution >= 4 is 17.6 Å². The Kier molecular flexibility index (Phi) is 2.52. The fourth-order valence-corrected chi connectivity index (χ4v) is 6.04. The molecule has 1 aliphatic heterocycles. The molecule has 0 saturated carbocycles. The van der Waals surface area contributed by atoms with Gasteiger partial charge in [0.2, 0.25) is 0 Å². The number of rotatable bonds is 1. The predicted octanol–water partition coefficient (Wildman–Crippen LogP) is -0.0605. The summed E-state index contributed by atoms with van der Waals surface area (Å²) in [6, 6.07) is 1.47. The van der Waals surface area contributed by atoms with Crippen molar-refractivity contribution in [2.45, 2.75) is 12.5 Å². The lowest BCUT2D eigenvalue weighted by atomic mass is 10.5. The smallest absolute Gasteiger partial charge is 0.151 e. The minimum atomic E-state index is -0.425. The van der Waals surface area contributed by atoms with Crippen LogP contribution in [0.4, 0.5) is 0 Å². The van der Waals surface area contributed by atoms with Crippen LogP contribution in [0, 0.1) is 0 Å². The van der Waals surface area contributed by atoms with Gasteiger partial charge in [-0.25, -0.2) is 0 Å². The second-order valence-corrected chi connectivity index (χ2v) is 9.67. The first kappa shape index (κ1) is 6.26. The molecular formula is C5H12OSi2. The molecule has 1 atom stereocenters. The van der Waals surface area contributed by atoms with Gasteiger partial charge in [0.1, 0.15) is 0 Å². The van der Waals surface area contributed by atoms with Crippen molar-refractivity contribution in [2.24, 2.45) is 0 Å². The standard InChI is InChI=1S/C5H12OSi2/c1-2-8-5-3-4-6-7-8/h2,8H,1,3-5,7H2. The van der Waals surface area contributed by atoms with Crippen LogP contribution in [-0.2, 0) is 4.43 Å². The van der Waals surface area contributed by atoms with Gasteiger partial charge in [0, 0.05) is 6.61 Å².